The molecule has 1 amide bonds. The molecule has 0 spiro atoms. The monoisotopic (exact) mass is 313 g/mol. The average Bonchev–Trinajstić information content (AvgIpc) is 2.41. The van der Waals surface area contributed by atoms with Crippen LogP contribution in [0, 0.1) is 13.8 Å². The summed E-state index contributed by atoms with van der Waals surface area (Å²) < 4.78 is 5.39. The molecule has 1 aromatic rings. The van der Waals surface area contributed by atoms with E-state index < -0.39 is 17.4 Å². The highest BCUT2D eigenvalue weighted by Crippen LogP contribution is 2.25. The van der Waals surface area contributed by atoms with Crippen LogP contribution in [0.2, 0.25) is 5.02 Å². The molecule has 0 fully saturated rings. The Morgan fingerprint density at radius 1 is 1.33 bits per heavy atom. The summed E-state index contributed by atoms with van der Waals surface area (Å²) in [6.45, 7) is 6.61. The van der Waals surface area contributed by atoms with Crippen LogP contribution in [0.4, 0.5) is 0 Å². The summed E-state index contributed by atoms with van der Waals surface area (Å²) in [5, 5.41) is 12.2. The number of nitrogens with one attached hydrogen (secondary N) is 1. The lowest BCUT2D eigenvalue weighted by Crippen LogP contribution is -2.53. The van der Waals surface area contributed by atoms with Crippen LogP contribution < -0.4 is 10.1 Å². The molecular formula is C15H20ClNO4. The van der Waals surface area contributed by atoms with Gasteiger partial charge in [-0.3, -0.25) is 4.79 Å². The molecule has 1 atom stereocenters. The average molecular weight is 314 g/mol. The largest absolute Gasteiger partial charge is 0.484 e. The number of carbonyl (C=O) groups is 2. The van der Waals surface area contributed by atoms with Crippen molar-refractivity contribution in [1.29, 1.82) is 0 Å². The second kappa shape index (κ2) is 6.80. The lowest BCUT2D eigenvalue weighted by Gasteiger charge is -2.24. The normalized spacial score (nSPS) is 13.4. The summed E-state index contributed by atoms with van der Waals surface area (Å²) in [5.74, 6) is -1.03. The molecule has 2 N–H and O–H groups in total. The molecule has 0 aliphatic heterocycles. The molecule has 0 saturated heterocycles. The first-order valence-electron chi connectivity index (χ1n) is 6.63. The van der Waals surface area contributed by atoms with Crippen LogP contribution in [-0.2, 0) is 9.59 Å². The Bertz CT molecular complexity index is 536. The van der Waals surface area contributed by atoms with Crippen LogP contribution in [0.25, 0.3) is 0 Å². The molecule has 0 bridgehead atoms. The molecule has 21 heavy (non-hydrogen) atoms. The van der Waals surface area contributed by atoms with Crippen molar-refractivity contribution >= 4 is 23.5 Å². The third kappa shape index (κ3) is 4.36. The third-order valence-corrected chi connectivity index (χ3v) is 3.97. The first-order valence-corrected chi connectivity index (χ1v) is 7.01. The Balaban J connectivity index is 2.68. The Morgan fingerprint density at radius 2 is 1.86 bits per heavy atom. The molecule has 1 aromatic carbocycles. The molecule has 0 aliphatic carbocycles. The summed E-state index contributed by atoms with van der Waals surface area (Å²) in [7, 11) is 0. The van der Waals surface area contributed by atoms with Crippen molar-refractivity contribution in [1.82, 2.24) is 5.32 Å². The minimum Gasteiger partial charge on any atom is -0.484 e. The molecule has 0 heterocycles. The number of carboxylic acids is 1. The predicted molar refractivity (Wildman–Crippen MR) is 80.9 cm³/mol. The number of rotatable bonds is 6. The standard InChI is InChI=1S/C15H20ClNO4/c1-5-15(4,14(19)20)17-12(18)8-21-11-6-9(2)13(16)10(3)7-11/h6-7H,5,8H2,1-4H3,(H,17,18)(H,19,20). The van der Waals surface area contributed by atoms with Crippen molar-refractivity contribution in [3.8, 4) is 5.75 Å². The smallest absolute Gasteiger partial charge is 0.329 e. The zero-order valence-corrected chi connectivity index (χ0v) is 13.4. The summed E-state index contributed by atoms with van der Waals surface area (Å²) in [4.78, 5) is 22.9. The number of aliphatic carboxylic acids is 1. The van der Waals surface area contributed by atoms with Crippen LogP contribution in [0.5, 0.6) is 5.75 Å². The molecule has 1 unspecified atom stereocenters. The minimum absolute atomic E-state index is 0.247. The number of carboxylic acid groups (broad SMARTS) is 1. The van der Waals surface area contributed by atoms with Crippen LogP contribution >= 0.6 is 11.6 Å². The van der Waals surface area contributed by atoms with Gasteiger partial charge in [0, 0.05) is 5.02 Å². The fraction of sp³-hybridized carbons (Fsp3) is 0.467. The van der Waals surface area contributed by atoms with Crippen LogP contribution in [0.1, 0.15) is 31.4 Å². The van der Waals surface area contributed by atoms with E-state index in [2.05, 4.69) is 5.32 Å². The maximum atomic E-state index is 11.8. The quantitative estimate of drug-likeness (QED) is 0.846. The van der Waals surface area contributed by atoms with Gasteiger partial charge in [0.05, 0.1) is 0 Å². The van der Waals surface area contributed by atoms with Gasteiger partial charge in [-0.05, 0) is 50.5 Å². The van der Waals surface area contributed by atoms with Crippen molar-refractivity contribution in [2.75, 3.05) is 6.61 Å². The number of carbonyl (C=O) groups excluding carboxylic acids is 1. The van der Waals surface area contributed by atoms with Gasteiger partial charge in [-0.15, -0.1) is 0 Å². The zero-order valence-electron chi connectivity index (χ0n) is 12.6. The summed E-state index contributed by atoms with van der Waals surface area (Å²) in [6.07, 6.45) is 0.285. The van der Waals surface area contributed by atoms with Gasteiger partial charge in [0.15, 0.2) is 6.61 Å². The number of ether oxygens (including phenoxy) is 1. The Kier molecular flexibility index (Phi) is 5.61. The number of hydrogen-bond acceptors (Lipinski definition) is 3. The summed E-state index contributed by atoms with van der Waals surface area (Å²) in [6, 6.07) is 3.47. The van der Waals surface area contributed by atoms with Crippen molar-refractivity contribution in [2.45, 2.75) is 39.7 Å². The topological polar surface area (TPSA) is 75.6 Å². The van der Waals surface area contributed by atoms with E-state index in [1.54, 1.807) is 19.1 Å². The third-order valence-electron chi connectivity index (χ3n) is 3.37. The lowest BCUT2D eigenvalue weighted by atomic mass is 9.99. The Hall–Kier alpha value is -1.75. The minimum atomic E-state index is -1.29. The van der Waals surface area contributed by atoms with E-state index >= 15 is 0 Å². The Labute approximate surface area is 129 Å². The number of halogens is 1. The SMILES string of the molecule is CCC(C)(NC(=O)COc1cc(C)c(Cl)c(C)c1)C(=O)O. The van der Waals surface area contributed by atoms with Gasteiger partial charge in [-0.1, -0.05) is 18.5 Å². The number of aryl methyl sites for hydroxylation is 2. The fourth-order valence-electron chi connectivity index (χ4n) is 1.78. The Morgan fingerprint density at radius 3 is 2.29 bits per heavy atom. The highest BCUT2D eigenvalue weighted by atomic mass is 35.5. The van der Waals surface area contributed by atoms with Crippen LogP contribution in [0.3, 0.4) is 0 Å². The van der Waals surface area contributed by atoms with E-state index in [0.717, 1.165) is 11.1 Å². The molecule has 6 heteroatoms. The van der Waals surface area contributed by atoms with Crippen molar-refractivity contribution < 1.29 is 19.4 Å². The van der Waals surface area contributed by atoms with Gasteiger partial charge in [0.1, 0.15) is 11.3 Å². The van der Waals surface area contributed by atoms with Gasteiger partial charge < -0.3 is 15.2 Å². The van der Waals surface area contributed by atoms with Crippen LogP contribution in [0.15, 0.2) is 12.1 Å². The van der Waals surface area contributed by atoms with E-state index in [1.165, 1.54) is 6.92 Å². The van der Waals surface area contributed by atoms with E-state index in [-0.39, 0.29) is 13.0 Å². The molecular weight excluding hydrogens is 294 g/mol. The second-order valence-corrected chi connectivity index (χ2v) is 5.58. The zero-order chi connectivity index (χ0) is 16.2. The van der Waals surface area contributed by atoms with Gasteiger partial charge in [0.25, 0.3) is 5.91 Å². The number of amides is 1. The van der Waals surface area contributed by atoms with E-state index in [0.29, 0.717) is 10.8 Å². The fourth-order valence-corrected chi connectivity index (χ4v) is 1.88. The highest BCUT2D eigenvalue weighted by molar-refractivity contribution is 6.32. The second-order valence-electron chi connectivity index (χ2n) is 5.20. The number of hydrogen-bond donors (Lipinski definition) is 2. The van der Waals surface area contributed by atoms with Gasteiger partial charge in [0.2, 0.25) is 0 Å². The maximum Gasteiger partial charge on any atom is 0.329 e. The first-order chi connectivity index (χ1) is 9.69. The van der Waals surface area contributed by atoms with Crippen molar-refractivity contribution in [3.63, 3.8) is 0 Å². The molecule has 5 nitrogen and oxygen atoms in total. The molecule has 116 valence electrons. The molecule has 1 rings (SSSR count). The summed E-state index contributed by atoms with van der Waals surface area (Å²) >= 11 is 6.05. The molecule has 0 radical (unpaired) electrons. The maximum absolute atomic E-state index is 11.8. The van der Waals surface area contributed by atoms with Crippen LogP contribution in [-0.4, -0.2) is 29.1 Å². The van der Waals surface area contributed by atoms with Gasteiger partial charge in [-0.25, -0.2) is 4.79 Å². The number of benzene rings is 1. The molecule has 0 saturated carbocycles. The first kappa shape index (κ1) is 17.3. The van der Waals surface area contributed by atoms with Gasteiger partial charge >= 0.3 is 5.97 Å². The summed E-state index contributed by atoms with van der Waals surface area (Å²) in [5.41, 5.74) is 0.429. The van der Waals surface area contributed by atoms with E-state index in [9.17, 15) is 9.59 Å². The van der Waals surface area contributed by atoms with Crippen molar-refractivity contribution in [3.05, 3.63) is 28.3 Å². The highest BCUT2D eigenvalue weighted by Gasteiger charge is 2.32. The molecule has 0 aromatic heterocycles. The van der Waals surface area contributed by atoms with Crippen molar-refractivity contribution in [2.24, 2.45) is 0 Å². The molecule has 0 aliphatic rings. The lowest BCUT2D eigenvalue weighted by molar-refractivity contribution is -0.147. The van der Waals surface area contributed by atoms with E-state index in [1.807, 2.05) is 13.8 Å². The van der Waals surface area contributed by atoms with E-state index in [4.69, 9.17) is 21.4 Å². The predicted octanol–water partition coefficient (Wildman–Crippen LogP) is 2.71. The van der Waals surface area contributed by atoms with Gasteiger partial charge in [-0.2, -0.15) is 0 Å².